The van der Waals surface area contributed by atoms with Crippen LogP contribution in [0.15, 0.2) is 72.9 Å². The predicted octanol–water partition coefficient (Wildman–Crippen LogP) is 12.9. The van der Waals surface area contributed by atoms with Crippen LogP contribution in [0.1, 0.15) is 226 Å². The van der Waals surface area contributed by atoms with E-state index in [1.807, 2.05) is 6.08 Å². The lowest BCUT2D eigenvalue weighted by molar-refractivity contribution is -0.302. The first-order chi connectivity index (χ1) is 32.3. The van der Waals surface area contributed by atoms with E-state index in [-0.39, 0.29) is 18.9 Å². The summed E-state index contributed by atoms with van der Waals surface area (Å²) in [7, 11) is 0. The number of rotatable bonds is 45. The summed E-state index contributed by atoms with van der Waals surface area (Å²) in [6.07, 6.45) is 56.9. The van der Waals surface area contributed by atoms with Crippen LogP contribution < -0.4 is 5.32 Å². The lowest BCUT2D eigenvalue weighted by atomic mass is 9.99. The standard InChI is InChI=1S/C57H101NO8/c1-3-5-7-9-11-13-15-17-19-21-22-23-24-25-26-27-28-29-31-32-34-36-38-40-42-44-46-51(60)50(49-65-57-56(64)55(63)54(62)52(48-59)66-57)58-53(61)47-45-43-41-39-37-35-33-30-20-18-16-14-12-10-8-6-4-2/h6,8,12,14,18,20,33,35,39,41,44,46,50-52,54-57,59-60,62-64H,3-5,7,9-11,13,15-17,19,21-32,34,36-38,40,42-43,45,47-49H2,1-2H3,(H,58,61)/b8-6-,14-12-,20-18-,35-33-,41-39-,46-44+. The van der Waals surface area contributed by atoms with Crippen molar-refractivity contribution in [2.24, 2.45) is 0 Å². The summed E-state index contributed by atoms with van der Waals surface area (Å²) in [6, 6.07) is -0.839. The molecule has 1 amide bonds. The third-order valence-corrected chi connectivity index (χ3v) is 12.5. The van der Waals surface area contributed by atoms with Crippen LogP contribution in [-0.4, -0.2) is 87.5 Å². The second-order valence-corrected chi connectivity index (χ2v) is 18.6. The monoisotopic (exact) mass is 928 g/mol. The second kappa shape index (κ2) is 46.4. The van der Waals surface area contributed by atoms with Crippen molar-refractivity contribution >= 4 is 5.91 Å². The average molecular weight is 928 g/mol. The molecule has 7 atom stereocenters. The van der Waals surface area contributed by atoms with Gasteiger partial charge in [-0.15, -0.1) is 0 Å². The van der Waals surface area contributed by atoms with E-state index < -0.39 is 49.5 Å². The largest absolute Gasteiger partial charge is 0.394 e. The maximum Gasteiger partial charge on any atom is 0.220 e. The number of carbonyl (C=O) groups excluding carboxylic acids is 1. The van der Waals surface area contributed by atoms with Gasteiger partial charge >= 0.3 is 0 Å². The molecule has 382 valence electrons. The van der Waals surface area contributed by atoms with Gasteiger partial charge in [0.05, 0.1) is 25.4 Å². The fourth-order valence-electron chi connectivity index (χ4n) is 8.25. The number of aliphatic hydroxyl groups is 5. The van der Waals surface area contributed by atoms with Crippen molar-refractivity contribution in [3.05, 3.63) is 72.9 Å². The highest BCUT2D eigenvalue weighted by molar-refractivity contribution is 5.76. The predicted molar refractivity (Wildman–Crippen MR) is 276 cm³/mol. The molecule has 1 heterocycles. The Hall–Kier alpha value is -2.37. The lowest BCUT2D eigenvalue weighted by Gasteiger charge is -2.40. The molecular weight excluding hydrogens is 827 g/mol. The van der Waals surface area contributed by atoms with Crippen molar-refractivity contribution in [3.63, 3.8) is 0 Å². The maximum atomic E-state index is 13.0. The molecule has 6 N–H and O–H groups in total. The summed E-state index contributed by atoms with van der Waals surface area (Å²) < 4.78 is 11.2. The van der Waals surface area contributed by atoms with Gasteiger partial charge in [-0.05, 0) is 57.8 Å². The van der Waals surface area contributed by atoms with Crippen molar-refractivity contribution in [1.82, 2.24) is 5.32 Å². The van der Waals surface area contributed by atoms with Gasteiger partial charge in [0.15, 0.2) is 6.29 Å². The Morgan fingerprint density at radius 2 is 0.939 bits per heavy atom. The van der Waals surface area contributed by atoms with Crippen LogP contribution in [0.5, 0.6) is 0 Å². The summed E-state index contributed by atoms with van der Waals surface area (Å²) in [5.41, 5.74) is 0. The first-order valence-corrected chi connectivity index (χ1v) is 27.2. The fraction of sp³-hybridized carbons (Fsp3) is 0.772. The number of allylic oxidation sites excluding steroid dienone is 11. The summed E-state index contributed by atoms with van der Waals surface area (Å²) in [5, 5.41) is 54.4. The lowest BCUT2D eigenvalue weighted by Crippen LogP contribution is -2.60. The molecule has 9 heteroatoms. The van der Waals surface area contributed by atoms with E-state index in [4.69, 9.17) is 9.47 Å². The molecule has 7 unspecified atom stereocenters. The Labute approximate surface area is 404 Å². The Bertz CT molecular complexity index is 1260. The van der Waals surface area contributed by atoms with Crippen molar-refractivity contribution < 1.29 is 39.8 Å². The van der Waals surface area contributed by atoms with Crippen molar-refractivity contribution in [2.75, 3.05) is 13.2 Å². The average Bonchev–Trinajstić information content (AvgIpc) is 3.32. The summed E-state index contributed by atoms with van der Waals surface area (Å²) >= 11 is 0. The van der Waals surface area contributed by atoms with Crippen LogP contribution >= 0.6 is 0 Å². The molecule has 1 rings (SSSR count). The molecule has 0 bridgehead atoms. The van der Waals surface area contributed by atoms with Crippen LogP contribution in [0.25, 0.3) is 0 Å². The first kappa shape index (κ1) is 61.6. The third-order valence-electron chi connectivity index (χ3n) is 12.5. The number of hydrogen-bond donors (Lipinski definition) is 6. The molecule has 0 radical (unpaired) electrons. The molecule has 1 saturated heterocycles. The minimum Gasteiger partial charge on any atom is -0.394 e. The van der Waals surface area contributed by atoms with Gasteiger partial charge < -0.3 is 40.3 Å². The van der Waals surface area contributed by atoms with Crippen LogP contribution in [0, 0.1) is 0 Å². The molecule has 9 nitrogen and oxygen atoms in total. The molecule has 0 aliphatic carbocycles. The zero-order valence-corrected chi connectivity index (χ0v) is 42.2. The smallest absolute Gasteiger partial charge is 0.220 e. The number of ether oxygens (including phenoxy) is 2. The van der Waals surface area contributed by atoms with Gasteiger partial charge in [-0.1, -0.05) is 234 Å². The number of aliphatic hydroxyl groups excluding tert-OH is 5. The van der Waals surface area contributed by atoms with Crippen LogP contribution in [0.4, 0.5) is 0 Å². The maximum absolute atomic E-state index is 13.0. The summed E-state index contributed by atoms with van der Waals surface area (Å²) in [4.78, 5) is 13.0. The van der Waals surface area contributed by atoms with Gasteiger partial charge in [-0.3, -0.25) is 4.79 Å². The minimum atomic E-state index is -1.58. The van der Waals surface area contributed by atoms with Crippen molar-refractivity contribution in [3.8, 4) is 0 Å². The number of hydrogen-bond acceptors (Lipinski definition) is 8. The van der Waals surface area contributed by atoms with Crippen LogP contribution in [0.3, 0.4) is 0 Å². The van der Waals surface area contributed by atoms with Gasteiger partial charge in [0.25, 0.3) is 0 Å². The van der Waals surface area contributed by atoms with Crippen LogP contribution in [0.2, 0.25) is 0 Å². The molecule has 0 spiro atoms. The van der Waals surface area contributed by atoms with E-state index in [0.717, 1.165) is 57.8 Å². The van der Waals surface area contributed by atoms with Gasteiger partial charge in [-0.25, -0.2) is 0 Å². The van der Waals surface area contributed by atoms with E-state index in [1.165, 1.54) is 141 Å². The molecular formula is C57H101NO8. The molecule has 1 aliphatic rings. The molecule has 0 saturated carbocycles. The molecule has 0 aromatic heterocycles. The zero-order chi connectivity index (χ0) is 48.0. The Morgan fingerprint density at radius 1 is 0.530 bits per heavy atom. The fourth-order valence-corrected chi connectivity index (χ4v) is 8.25. The number of nitrogens with one attached hydrogen (secondary N) is 1. The zero-order valence-electron chi connectivity index (χ0n) is 42.2. The van der Waals surface area contributed by atoms with Crippen molar-refractivity contribution in [2.45, 2.75) is 269 Å². The molecule has 1 aliphatic heterocycles. The summed E-state index contributed by atoms with van der Waals surface area (Å²) in [6.45, 7) is 3.64. The highest BCUT2D eigenvalue weighted by atomic mass is 16.7. The van der Waals surface area contributed by atoms with E-state index in [1.54, 1.807) is 6.08 Å². The molecule has 0 aromatic rings. The Kier molecular flexibility index (Phi) is 43.3. The Morgan fingerprint density at radius 3 is 1.38 bits per heavy atom. The molecule has 0 aromatic carbocycles. The highest BCUT2D eigenvalue weighted by Gasteiger charge is 2.44. The normalized spacial score (nSPS) is 20.4. The second-order valence-electron chi connectivity index (χ2n) is 18.6. The number of unbranched alkanes of at least 4 members (excludes halogenated alkanes) is 25. The quantitative estimate of drug-likeness (QED) is 0.0261. The first-order valence-electron chi connectivity index (χ1n) is 27.2. The van der Waals surface area contributed by atoms with E-state index in [0.29, 0.717) is 6.42 Å². The van der Waals surface area contributed by atoms with E-state index in [9.17, 15) is 30.3 Å². The van der Waals surface area contributed by atoms with Gasteiger partial charge in [-0.2, -0.15) is 0 Å². The van der Waals surface area contributed by atoms with E-state index in [2.05, 4.69) is 79.9 Å². The number of carbonyl (C=O) groups is 1. The van der Waals surface area contributed by atoms with Gasteiger partial charge in [0.2, 0.25) is 5.91 Å². The van der Waals surface area contributed by atoms with E-state index >= 15 is 0 Å². The number of amides is 1. The van der Waals surface area contributed by atoms with Crippen molar-refractivity contribution in [1.29, 1.82) is 0 Å². The van der Waals surface area contributed by atoms with Gasteiger partial charge in [0.1, 0.15) is 24.4 Å². The molecule has 66 heavy (non-hydrogen) atoms. The minimum absolute atomic E-state index is 0.214. The third kappa shape index (κ3) is 35.7. The Balaban J connectivity index is 2.28. The van der Waals surface area contributed by atoms with Gasteiger partial charge in [0, 0.05) is 6.42 Å². The highest BCUT2D eigenvalue weighted by Crippen LogP contribution is 2.23. The van der Waals surface area contributed by atoms with Crippen LogP contribution in [-0.2, 0) is 14.3 Å². The SMILES string of the molecule is CC/C=C\C/C=C\C/C=C\C/C=C\C/C=C\CCCC(=O)NC(COC1OC(CO)C(O)C(O)C1O)C(O)/C=C/CCCCCCCCCCCCCCCCCCCCCCCCCC. The topological polar surface area (TPSA) is 149 Å². The summed E-state index contributed by atoms with van der Waals surface area (Å²) in [5.74, 6) is -0.234. The molecule has 1 fully saturated rings.